The fourth-order valence-electron chi connectivity index (χ4n) is 1.02. The summed E-state index contributed by atoms with van der Waals surface area (Å²) < 4.78 is 4.36. The number of esters is 1. The summed E-state index contributed by atoms with van der Waals surface area (Å²) in [5.74, 6) is -0.976. The lowest BCUT2D eigenvalue weighted by Gasteiger charge is -1.97. The Kier molecular flexibility index (Phi) is 3.60. The molecule has 84 valence electrons. The molecule has 0 amide bonds. The van der Waals surface area contributed by atoms with Gasteiger partial charge in [-0.15, -0.1) is 0 Å². The zero-order valence-corrected chi connectivity index (χ0v) is 8.41. The van der Waals surface area contributed by atoms with Crippen molar-refractivity contribution in [1.82, 2.24) is 0 Å². The Labute approximate surface area is 90.9 Å². The molecule has 0 saturated heterocycles. The van der Waals surface area contributed by atoms with E-state index in [1.54, 1.807) is 0 Å². The topological polar surface area (TPSA) is 89.7 Å². The number of phenolic OH excluding ortho intramolecular Hbond substituents is 1. The maximum Gasteiger partial charge on any atom is 0.330 e. The molecule has 0 aromatic heterocycles. The van der Waals surface area contributed by atoms with Gasteiger partial charge < -0.3 is 9.84 Å². The summed E-state index contributed by atoms with van der Waals surface area (Å²) in [5.41, 5.74) is 0.0157. The van der Waals surface area contributed by atoms with Crippen LogP contribution in [0.4, 0.5) is 5.69 Å². The van der Waals surface area contributed by atoms with Gasteiger partial charge in [0.15, 0.2) is 5.75 Å². The average molecular weight is 223 g/mol. The molecule has 1 N–H and O–H groups in total. The third kappa shape index (κ3) is 2.81. The molecule has 0 aliphatic heterocycles. The highest BCUT2D eigenvalue weighted by Gasteiger charge is 2.12. The first kappa shape index (κ1) is 11.7. The SMILES string of the molecule is COC(=O)/C=C\c1ccc(O)c([N+](=O)[O-])c1. The molecule has 0 saturated carbocycles. The van der Waals surface area contributed by atoms with Gasteiger partial charge in [0.25, 0.3) is 0 Å². The molecule has 0 atom stereocenters. The van der Waals surface area contributed by atoms with Crippen LogP contribution in [-0.4, -0.2) is 23.1 Å². The van der Waals surface area contributed by atoms with Crippen LogP contribution >= 0.6 is 0 Å². The lowest BCUT2D eigenvalue weighted by Crippen LogP contribution is -1.93. The molecule has 0 radical (unpaired) electrons. The Bertz CT molecular complexity index is 453. The van der Waals surface area contributed by atoms with Gasteiger partial charge in [-0.25, -0.2) is 4.79 Å². The molecule has 1 aromatic carbocycles. The Morgan fingerprint density at radius 3 is 2.81 bits per heavy atom. The minimum atomic E-state index is -0.704. The lowest BCUT2D eigenvalue weighted by atomic mass is 10.2. The minimum Gasteiger partial charge on any atom is -0.502 e. The number of benzene rings is 1. The van der Waals surface area contributed by atoms with Crippen molar-refractivity contribution in [2.24, 2.45) is 0 Å². The monoisotopic (exact) mass is 223 g/mol. The average Bonchev–Trinajstić information content (AvgIpc) is 2.27. The number of hydrogen-bond donors (Lipinski definition) is 1. The van der Waals surface area contributed by atoms with Gasteiger partial charge in [-0.2, -0.15) is 0 Å². The number of methoxy groups -OCH3 is 1. The zero-order valence-electron chi connectivity index (χ0n) is 8.41. The normalized spacial score (nSPS) is 10.3. The second-order valence-electron chi connectivity index (χ2n) is 2.86. The van der Waals surface area contributed by atoms with Crippen molar-refractivity contribution in [2.45, 2.75) is 0 Å². The molecule has 0 aliphatic rings. The first-order valence-electron chi connectivity index (χ1n) is 4.28. The van der Waals surface area contributed by atoms with Gasteiger partial charge >= 0.3 is 11.7 Å². The smallest absolute Gasteiger partial charge is 0.330 e. The number of phenols is 1. The number of carbonyl (C=O) groups is 1. The summed E-state index contributed by atoms with van der Waals surface area (Å²) in [5, 5.41) is 19.7. The van der Waals surface area contributed by atoms with Gasteiger partial charge in [0.1, 0.15) is 0 Å². The summed E-state index contributed by atoms with van der Waals surface area (Å²) in [4.78, 5) is 20.6. The first-order valence-corrected chi connectivity index (χ1v) is 4.28. The molecule has 1 rings (SSSR count). The number of nitro benzene ring substituents is 1. The minimum absolute atomic E-state index is 0.410. The third-order valence-corrected chi connectivity index (χ3v) is 1.81. The highest BCUT2D eigenvalue weighted by molar-refractivity contribution is 5.87. The van der Waals surface area contributed by atoms with Crippen molar-refractivity contribution < 1.29 is 19.6 Å². The fourth-order valence-corrected chi connectivity index (χ4v) is 1.02. The highest BCUT2D eigenvalue weighted by atomic mass is 16.6. The maximum absolute atomic E-state index is 10.8. The summed E-state index contributed by atoms with van der Waals surface area (Å²) in [7, 11) is 1.23. The van der Waals surface area contributed by atoms with Crippen LogP contribution in [0, 0.1) is 10.1 Å². The number of nitro groups is 1. The van der Waals surface area contributed by atoms with Crippen LogP contribution in [0.5, 0.6) is 5.75 Å². The van der Waals surface area contributed by atoms with Crippen LogP contribution in [-0.2, 0) is 9.53 Å². The zero-order chi connectivity index (χ0) is 12.1. The van der Waals surface area contributed by atoms with Crippen LogP contribution in [0.15, 0.2) is 24.3 Å². The van der Waals surface area contributed by atoms with E-state index in [1.165, 1.54) is 25.3 Å². The van der Waals surface area contributed by atoms with Gasteiger partial charge in [-0.3, -0.25) is 10.1 Å². The molecule has 16 heavy (non-hydrogen) atoms. The van der Waals surface area contributed by atoms with Gasteiger partial charge in [0, 0.05) is 12.1 Å². The molecule has 0 aliphatic carbocycles. The number of aromatic hydroxyl groups is 1. The quantitative estimate of drug-likeness (QED) is 0.363. The number of carbonyl (C=O) groups excluding carboxylic acids is 1. The van der Waals surface area contributed by atoms with Gasteiger partial charge in [-0.1, -0.05) is 6.07 Å². The Balaban J connectivity index is 2.99. The number of hydrogen-bond acceptors (Lipinski definition) is 5. The molecule has 1 aromatic rings. The molecular formula is C10H9NO5. The fraction of sp³-hybridized carbons (Fsp3) is 0.100. The van der Waals surface area contributed by atoms with Gasteiger partial charge in [-0.05, 0) is 17.7 Å². The van der Waals surface area contributed by atoms with Crippen molar-refractivity contribution in [2.75, 3.05) is 7.11 Å². The third-order valence-electron chi connectivity index (χ3n) is 1.81. The van der Waals surface area contributed by atoms with Crippen LogP contribution in [0.1, 0.15) is 5.56 Å². The Hall–Kier alpha value is -2.37. The van der Waals surface area contributed by atoms with Crippen LogP contribution in [0.3, 0.4) is 0 Å². The summed E-state index contributed by atoms with van der Waals surface area (Å²) in [6.45, 7) is 0. The predicted molar refractivity (Wildman–Crippen MR) is 55.8 cm³/mol. The van der Waals surface area contributed by atoms with Crippen LogP contribution in [0.2, 0.25) is 0 Å². The molecule has 6 heteroatoms. The van der Waals surface area contributed by atoms with Crippen LogP contribution < -0.4 is 0 Å². The van der Waals surface area contributed by atoms with Crippen molar-refractivity contribution >= 4 is 17.7 Å². The second kappa shape index (κ2) is 4.92. The van der Waals surface area contributed by atoms with Crippen molar-refractivity contribution in [3.05, 3.63) is 40.0 Å². The lowest BCUT2D eigenvalue weighted by molar-refractivity contribution is -0.385. The van der Waals surface area contributed by atoms with Gasteiger partial charge in [0.05, 0.1) is 12.0 Å². The van der Waals surface area contributed by atoms with Gasteiger partial charge in [0.2, 0.25) is 0 Å². The Morgan fingerprint density at radius 1 is 1.56 bits per heavy atom. The Morgan fingerprint density at radius 2 is 2.25 bits per heavy atom. The molecule has 0 heterocycles. The largest absolute Gasteiger partial charge is 0.502 e. The van der Waals surface area contributed by atoms with Crippen molar-refractivity contribution in [3.8, 4) is 5.75 Å². The van der Waals surface area contributed by atoms with Crippen LogP contribution in [0.25, 0.3) is 6.08 Å². The number of ether oxygens (including phenoxy) is 1. The molecule has 0 fully saturated rings. The van der Waals surface area contributed by atoms with E-state index in [2.05, 4.69) is 4.74 Å². The maximum atomic E-state index is 10.8. The van der Waals surface area contributed by atoms with E-state index < -0.39 is 22.3 Å². The van der Waals surface area contributed by atoms with E-state index in [0.29, 0.717) is 5.56 Å². The number of rotatable bonds is 3. The molecule has 6 nitrogen and oxygen atoms in total. The van der Waals surface area contributed by atoms with E-state index >= 15 is 0 Å². The second-order valence-corrected chi connectivity index (χ2v) is 2.86. The molecule has 0 spiro atoms. The predicted octanol–water partition coefficient (Wildman–Crippen LogP) is 1.49. The standard InChI is InChI=1S/C10H9NO5/c1-16-10(13)5-3-7-2-4-9(12)8(6-7)11(14)15/h2-6,12H,1H3/b5-3-. The summed E-state index contributed by atoms with van der Waals surface area (Å²) >= 11 is 0. The summed E-state index contributed by atoms with van der Waals surface area (Å²) in [6, 6.07) is 3.80. The van der Waals surface area contributed by atoms with E-state index in [9.17, 15) is 20.0 Å². The first-order chi connectivity index (χ1) is 7.54. The van der Waals surface area contributed by atoms with E-state index in [1.807, 2.05) is 0 Å². The summed E-state index contributed by atoms with van der Waals surface area (Å²) in [6.07, 6.45) is 2.49. The number of nitrogens with zero attached hydrogens (tertiary/aromatic N) is 1. The highest BCUT2D eigenvalue weighted by Crippen LogP contribution is 2.26. The van der Waals surface area contributed by atoms with E-state index in [0.717, 1.165) is 12.1 Å². The van der Waals surface area contributed by atoms with E-state index in [-0.39, 0.29) is 0 Å². The molecule has 0 unspecified atom stereocenters. The van der Waals surface area contributed by atoms with E-state index in [4.69, 9.17) is 0 Å². The molecular weight excluding hydrogens is 214 g/mol. The molecule has 0 bridgehead atoms. The van der Waals surface area contributed by atoms with Crippen molar-refractivity contribution in [3.63, 3.8) is 0 Å². The van der Waals surface area contributed by atoms with Crippen molar-refractivity contribution in [1.29, 1.82) is 0 Å².